The number of H-pyrrole nitrogens is 1. The minimum atomic E-state index is -0.375. The molecule has 0 fully saturated rings. The number of fused-ring (bicyclic) bond motifs is 1. The molecule has 6 heteroatoms. The van der Waals surface area contributed by atoms with E-state index in [9.17, 15) is 9.59 Å². The Morgan fingerprint density at radius 2 is 1.84 bits per heavy atom. The zero-order chi connectivity index (χ0) is 14.0. The van der Waals surface area contributed by atoms with Gasteiger partial charge in [0, 0.05) is 13.1 Å². The quantitative estimate of drug-likeness (QED) is 0.887. The molecule has 104 valence electrons. The minimum absolute atomic E-state index is 0.239. The van der Waals surface area contributed by atoms with E-state index in [1.165, 1.54) is 4.57 Å². The first kappa shape index (κ1) is 13.6. The highest BCUT2D eigenvalue weighted by Crippen LogP contribution is 2.10. The van der Waals surface area contributed by atoms with Crippen molar-refractivity contribution < 1.29 is 0 Å². The number of rotatable bonds is 5. The Morgan fingerprint density at radius 3 is 2.47 bits per heavy atom. The number of aromatic amines is 1. The van der Waals surface area contributed by atoms with Gasteiger partial charge in [-0.05, 0) is 19.8 Å². The molecule has 0 saturated heterocycles. The molecule has 0 spiro atoms. The fourth-order valence-corrected chi connectivity index (χ4v) is 2.27. The monoisotopic (exact) mass is 264 g/mol. The molecular formula is C13H20N4O2. The normalized spacial score (nSPS) is 11.3. The lowest BCUT2D eigenvalue weighted by Crippen LogP contribution is -2.35. The number of imidazole rings is 1. The van der Waals surface area contributed by atoms with Crippen molar-refractivity contribution in [3.05, 3.63) is 26.7 Å². The first-order valence-electron chi connectivity index (χ1n) is 6.80. The Kier molecular flexibility index (Phi) is 3.87. The third-order valence-corrected chi connectivity index (χ3v) is 3.26. The third-order valence-electron chi connectivity index (χ3n) is 3.26. The molecule has 0 bridgehead atoms. The standard InChI is InChI=1S/C13H20N4O2/c1-4-6-8-16-9(3)14-11-10(16)12(18)17(7-5-2)13(19)15-11/h4-8H2,1-3H3,(H,15,19). The van der Waals surface area contributed by atoms with Crippen molar-refractivity contribution in [1.82, 2.24) is 19.1 Å². The maximum atomic E-state index is 12.4. The third kappa shape index (κ3) is 2.34. The highest BCUT2D eigenvalue weighted by atomic mass is 16.2. The zero-order valence-corrected chi connectivity index (χ0v) is 11.7. The molecule has 0 unspecified atom stereocenters. The van der Waals surface area contributed by atoms with E-state index in [1.54, 1.807) is 0 Å². The molecule has 0 aliphatic rings. The molecule has 19 heavy (non-hydrogen) atoms. The van der Waals surface area contributed by atoms with Crippen LogP contribution in [0.15, 0.2) is 9.59 Å². The molecule has 0 aliphatic carbocycles. The van der Waals surface area contributed by atoms with Gasteiger partial charge in [0.2, 0.25) is 0 Å². The number of aromatic nitrogens is 4. The number of nitrogens with one attached hydrogen (secondary N) is 1. The Balaban J connectivity index is 2.70. The second-order valence-corrected chi connectivity index (χ2v) is 4.75. The van der Waals surface area contributed by atoms with E-state index in [1.807, 2.05) is 18.4 Å². The van der Waals surface area contributed by atoms with Crippen LogP contribution in [0.4, 0.5) is 0 Å². The first-order valence-corrected chi connectivity index (χ1v) is 6.80. The van der Waals surface area contributed by atoms with E-state index in [0.717, 1.165) is 31.6 Å². The molecule has 0 atom stereocenters. The highest BCUT2D eigenvalue weighted by Gasteiger charge is 2.14. The summed E-state index contributed by atoms with van der Waals surface area (Å²) in [5.41, 5.74) is 0.298. The molecular weight excluding hydrogens is 244 g/mol. The van der Waals surface area contributed by atoms with Gasteiger partial charge in [0.05, 0.1) is 0 Å². The minimum Gasteiger partial charge on any atom is -0.322 e. The van der Waals surface area contributed by atoms with Gasteiger partial charge in [0.25, 0.3) is 5.56 Å². The van der Waals surface area contributed by atoms with E-state index in [4.69, 9.17) is 0 Å². The van der Waals surface area contributed by atoms with Gasteiger partial charge in [-0.15, -0.1) is 0 Å². The SMILES string of the molecule is CCCCn1c(C)nc2[nH]c(=O)n(CCC)c(=O)c21. The average molecular weight is 264 g/mol. The van der Waals surface area contributed by atoms with Crippen molar-refractivity contribution in [2.24, 2.45) is 0 Å². The summed E-state index contributed by atoms with van der Waals surface area (Å²) in [6.07, 6.45) is 2.78. The summed E-state index contributed by atoms with van der Waals surface area (Å²) in [6, 6.07) is 0. The summed E-state index contributed by atoms with van der Waals surface area (Å²) in [6.45, 7) is 7.09. The fourth-order valence-electron chi connectivity index (χ4n) is 2.27. The van der Waals surface area contributed by atoms with Gasteiger partial charge >= 0.3 is 5.69 Å². The number of nitrogens with zero attached hydrogens (tertiary/aromatic N) is 3. The molecule has 0 aliphatic heterocycles. The van der Waals surface area contributed by atoms with E-state index in [2.05, 4.69) is 16.9 Å². The van der Waals surface area contributed by atoms with Gasteiger partial charge in [0.15, 0.2) is 11.2 Å². The molecule has 6 nitrogen and oxygen atoms in total. The van der Waals surface area contributed by atoms with Crippen molar-refractivity contribution in [3.63, 3.8) is 0 Å². The zero-order valence-electron chi connectivity index (χ0n) is 11.7. The lowest BCUT2D eigenvalue weighted by atomic mass is 10.3. The van der Waals surface area contributed by atoms with Crippen molar-refractivity contribution >= 4 is 11.2 Å². The van der Waals surface area contributed by atoms with Gasteiger partial charge in [-0.1, -0.05) is 20.3 Å². The van der Waals surface area contributed by atoms with Crippen molar-refractivity contribution in [3.8, 4) is 0 Å². The van der Waals surface area contributed by atoms with Crippen LogP contribution in [0, 0.1) is 6.92 Å². The molecule has 2 rings (SSSR count). The van der Waals surface area contributed by atoms with Gasteiger partial charge in [-0.25, -0.2) is 9.78 Å². The topological polar surface area (TPSA) is 72.7 Å². The first-order chi connectivity index (χ1) is 9.10. The molecule has 2 aromatic heterocycles. The van der Waals surface area contributed by atoms with Crippen LogP contribution in [0.1, 0.15) is 38.9 Å². The number of hydrogen-bond acceptors (Lipinski definition) is 3. The summed E-state index contributed by atoms with van der Waals surface area (Å²) >= 11 is 0. The molecule has 1 N–H and O–H groups in total. The van der Waals surface area contributed by atoms with Gasteiger partial charge in [-0.3, -0.25) is 14.3 Å². The van der Waals surface area contributed by atoms with Crippen LogP contribution in [0.2, 0.25) is 0 Å². The van der Waals surface area contributed by atoms with Crippen LogP contribution >= 0.6 is 0 Å². The second-order valence-electron chi connectivity index (χ2n) is 4.75. The molecule has 0 amide bonds. The number of hydrogen-bond donors (Lipinski definition) is 1. The Labute approximate surface area is 111 Å². The van der Waals surface area contributed by atoms with Crippen LogP contribution in [0.25, 0.3) is 11.2 Å². The number of aryl methyl sites for hydroxylation is 2. The summed E-state index contributed by atoms with van der Waals surface area (Å²) in [5.74, 6) is 0.769. The Bertz CT molecular complexity index is 693. The molecule has 0 aromatic carbocycles. The van der Waals surface area contributed by atoms with E-state index >= 15 is 0 Å². The Morgan fingerprint density at radius 1 is 1.11 bits per heavy atom. The van der Waals surface area contributed by atoms with Gasteiger partial charge in [-0.2, -0.15) is 0 Å². The molecule has 2 heterocycles. The summed E-state index contributed by atoms with van der Waals surface area (Å²) in [7, 11) is 0. The maximum Gasteiger partial charge on any atom is 0.330 e. The van der Waals surface area contributed by atoms with E-state index in [0.29, 0.717) is 17.7 Å². The van der Waals surface area contributed by atoms with E-state index in [-0.39, 0.29) is 11.2 Å². The summed E-state index contributed by atoms with van der Waals surface area (Å²) < 4.78 is 3.16. The lowest BCUT2D eigenvalue weighted by Gasteiger charge is -2.06. The van der Waals surface area contributed by atoms with Crippen molar-refractivity contribution in [2.75, 3.05) is 0 Å². The molecule has 0 saturated carbocycles. The second kappa shape index (κ2) is 5.42. The highest BCUT2D eigenvalue weighted by molar-refractivity contribution is 5.70. The van der Waals surface area contributed by atoms with Crippen LogP contribution < -0.4 is 11.2 Å². The lowest BCUT2D eigenvalue weighted by molar-refractivity contribution is 0.605. The predicted octanol–water partition coefficient (Wildman–Crippen LogP) is 1.40. The molecule has 2 aromatic rings. The summed E-state index contributed by atoms with van der Waals surface area (Å²) in [5, 5.41) is 0. The van der Waals surface area contributed by atoms with Crippen LogP contribution in [-0.2, 0) is 13.1 Å². The van der Waals surface area contributed by atoms with Crippen LogP contribution in [-0.4, -0.2) is 19.1 Å². The largest absolute Gasteiger partial charge is 0.330 e. The van der Waals surface area contributed by atoms with Crippen molar-refractivity contribution in [1.29, 1.82) is 0 Å². The van der Waals surface area contributed by atoms with Crippen LogP contribution in [0.3, 0.4) is 0 Å². The van der Waals surface area contributed by atoms with Crippen LogP contribution in [0.5, 0.6) is 0 Å². The van der Waals surface area contributed by atoms with Gasteiger partial charge in [0.1, 0.15) is 5.82 Å². The van der Waals surface area contributed by atoms with Crippen molar-refractivity contribution in [2.45, 2.75) is 53.1 Å². The predicted molar refractivity (Wildman–Crippen MR) is 74.5 cm³/mol. The summed E-state index contributed by atoms with van der Waals surface area (Å²) in [4.78, 5) is 31.2. The maximum absolute atomic E-state index is 12.4. The molecule has 0 radical (unpaired) electrons. The number of unbranched alkanes of at least 4 members (excludes halogenated alkanes) is 1. The fraction of sp³-hybridized carbons (Fsp3) is 0.615. The van der Waals surface area contributed by atoms with E-state index < -0.39 is 0 Å². The smallest absolute Gasteiger partial charge is 0.322 e. The Hall–Kier alpha value is -1.85. The average Bonchev–Trinajstić information content (AvgIpc) is 2.68. The van der Waals surface area contributed by atoms with Gasteiger partial charge < -0.3 is 4.57 Å².